The average Bonchev–Trinajstić information content (AvgIpc) is 2.21. The first-order valence-electron chi connectivity index (χ1n) is 5.87. The largest absolute Gasteiger partial charge is 0.372 e. The molecule has 90 valence electrons. The maximum Gasteiger partial charge on any atom is 0.123 e. The van der Waals surface area contributed by atoms with Crippen LogP contribution in [0.25, 0.3) is 0 Å². The standard InChI is InChI=1S/C13H21FN2/c1-4-16(5-2)13-7-6-12(14)9-11(13)8-10(3)15/h6-7,9-10H,4-5,8,15H2,1-3H3. The Morgan fingerprint density at radius 3 is 2.44 bits per heavy atom. The zero-order valence-corrected chi connectivity index (χ0v) is 10.3. The molecule has 0 saturated carbocycles. The number of nitrogens with two attached hydrogens (primary N) is 1. The van der Waals surface area contributed by atoms with Crippen molar-refractivity contribution in [3.05, 3.63) is 29.6 Å². The quantitative estimate of drug-likeness (QED) is 0.833. The molecule has 1 unspecified atom stereocenters. The van der Waals surface area contributed by atoms with E-state index < -0.39 is 0 Å². The van der Waals surface area contributed by atoms with Crippen molar-refractivity contribution in [1.29, 1.82) is 0 Å². The minimum Gasteiger partial charge on any atom is -0.372 e. The highest BCUT2D eigenvalue weighted by molar-refractivity contribution is 5.54. The van der Waals surface area contributed by atoms with Gasteiger partial charge in [-0.3, -0.25) is 0 Å². The van der Waals surface area contributed by atoms with Gasteiger partial charge in [0, 0.05) is 24.8 Å². The van der Waals surface area contributed by atoms with E-state index in [1.54, 1.807) is 6.07 Å². The number of nitrogens with zero attached hydrogens (tertiary/aromatic N) is 1. The molecule has 0 fully saturated rings. The van der Waals surface area contributed by atoms with Crippen molar-refractivity contribution in [2.24, 2.45) is 5.73 Å². The lowest BCUT2D eigenvalue weighted by Gasteiger charge is -2.24. The SMILES string of the molecule is CCN(CC)c1ccc(F)cc1CC(C)N. The van der Waals surface area contributed by atoms with E-state index in [0.29, 0.717) is 6.42 Å². The Hall–Kier alpha value is -1.09. The van der Waals surface area contributed by atoms with Crippen LogP contribution in [0.4, 0.5) is 10.1 Å². The van der Waals surface area contributed by atoms with Gasteiger partial charge in [-0.05, 0) is 51.0 Å². The van der Waals surface area contributed by atoms with Gasteiger partial charge in [-0.25, -0.2) is 4.39 Å². The summed E-state index contributed by atoms with van der Waals surface area (Å²) in [4.78, 5) is 2.22. The Morgan fingerprint density at radius 1 is 1.31 bits per heavy atom. The van der Waals surface area contributed by atoms with Crippen LogP contribution in [0.1, 0.15) is 26.3 Å². The minimum atomic E-state index is -0.188. The van der Waals surface area contributed by atoms with Crippen molar-refractivity contribution in [3.63, 3.8) is 0 Å². The highest BCUT2D eigenvalue weighted by Crippen LogP contribution is 2.22. The summed E-state index contributed by atoms with van der Waals surface area (Å²) >= 11 is 0. The van der Waals surface area contributed by atoms with Crippen molar-refractivity contribution < 1.29 is 4.39 Å². The van der Waals surface area contributed by atoms with Gasteiger partial charge < -0.3 is 10.6 Å². The van der Waals surface area contributed by atoms with E-state index >= 15 is 0 Å². The second-order valence-corrected chi connectivity index (χ2v) is 4.13. The molecule has 2 nitrogen and oxygen atoms in total. The molecule has 0 amide bonds. The van der Waals surface area contributed by atoms with Crippen LogP contribution in [0.3, 0.4) is 0 Å². The molecule has 0 aliphatic rings. The zero-order valence-electron chi connectivity index (χ0n) is 10.3. The summed E-state index contributed by atoms with van der Waals surface area (Å²) in [7, 11) is 0. The van der Waals surface area contributed by atoms with Crippen LogP contribution < -0.4 is 10.6 Å². The van der Waals surface area contributed by atoms with Gasteiger partial charge in [-0.1, -0.05) is 0 Å². The summed E-state index contributed by atoms with van der Waals surface area (Å²) in [5.74, 6) is -0.188. The van der Waals surface area contributed by atoms with Crippen molar-refractivity contribution in [2.45, 2.75) is 33.2 Å². The molecule has 0 saturated heterocycles. The van der Waals surface area contributed by atoms with Gasteiger partial charge in [0.2, 0.25) is 0 Å². The van der Waals surface area contributed by atoms with Gasteiger partial charge in [-0.15, -0.1) is 0 Å². The third-order valence-corrected chi connectivity index (χ3v) is 2.69. The van der Waals surface area contributed by atoms with E-state index in [-0.39, 0.29) is 11.9 Å². The lowest BCUT2D eigenvalue weighted by Crippen LogP contribution is -2.25. The summed E-state index contributed by atoms with van der Waals surface area (Å²) in [6.45, 7) is 7.99. The molecular formula is C13H21FN2. The highest BCUT2D eigenvalue weighted by atomic mass is 19.1. The van der Waals surface area contributed by atoms with Crippen LogP contribution in [0.15, 0.2) is 18.2 Å². The summed E-state index contributed by atoms with van der Waals surface area (Å²) < 4.78 is 13.2. The second kappa shape index (κ2) is 5.85. The lowest BCUT2D eigenvalue weighted by molar-refractivity contribution is 0.622. The maximum atomic E-state index is 13.2. The number of halogens is 1. The third-order valence-electron chi connectivity index (χ3n) is 2.69. The molecule has 1 aromatic carbocycles. The summed E-state index contributed by atoms with van der Waals surface area (Å²) in [5, 5.41) is 0. The van der Waals surface area contributed by atoms with Crippen LogP contribution in [0.2, 0.25) is 0 Å². The van der Waals surface area contributed by atoms with Crippen molar-refractivity contribution in [3.8, 4) is 0 Å². The molecule has 1 aromatic rings. The fourth-order valence-corrected chi connectivity index (χ4v) is 1.94. The van der Waals surface area contributed by atoms with Gasteiger partial charge >= 0.3 is 0 Å². The summed E-state index contributed by atoms with van der Waals surface area (Å²) in [6.07, 6.45) is 0.712. The maximum absolute atomic E-state index is 13.2. The molecule has 0 bridgehead atoms. The van der Waals surface area contributed by atoms with Crippen LogP contribution in [-0.2, 0) is 6.42 Å². The monoisotopic (exact) mass is 224 g/mol. The molecule has 0 radical (unpaired) electrons. The van der Waals surface area contributed by atoms with Crippen LogP contribution >= 0.6 is 0 Å². The molecule has 1 rings (SSSR count). The van der Waals surface area contributed by atoms with E-state index in [2.05, 4.69) is 18.7 Å². The summed E-state index contributed by atoms with van der Waals surface area (Å²) in [5.41, 5.74) is 7.88. The second-order valence-electron chi connectivity index (χ2n) is 4.13. The molecular weight excluding hydrogens is 203 g/mol. The Labute approximate surface area is 97.3 Å². The molecule has 0 aromatic heterocycles. The smallest absolute Gasteiger partial charge is 0.123 e. The van der Waals surface area contributed by atoms with Crippen LogP contribution in [0, 0.1) is 5.82 Å². The predicted molar refractivity (Wildman–Crippen MR) is 67.3 cm³/mol. The number of benzene rings is 1. The molecule has 3 heteroatoms. The molecule has 0 heterocycles. The first-order chi connectivity index (χ1) is 7.58. The Balaban J connectivity index is 3.05. The number of hydrogen-bond acceptors (Lipinski definition) is 2. The molecule has 16 heavy (non-hydrogen) atoms. The summed E-state index contributed by atoms with van der Waals surface area (Å²) in [6, 6.07) is 5.01. The molecule has 0 aliphatic heterocycles. The molecule has 0 aliphatic carbocycles. The van der Waals surface area contributed by atoms with Gasteiger partial charge in [0.05, 0.1) is 0 Å². The normalized spacial score (nSPS) is 12.6. The zero-order chi connectivity index (χ0) is 12.1. The van der Waals surface area contributed by atoms with Crippen LogP contribution in [-0.4, -0.2) is 19.1 Å². The molecule has 2 N–H and O–H groups in total. The minimum absolute atomic E-state index is 0.0520. The average molecular weight is 224 g/mol. The molecule has 0 spiro atoms. The topological polar surface area (TPSA) is 29.3 Å². The number of hydrogen-bond donors (Lipinski definition) is 1. The third kappa shape index (κ3) is 3.20. The Morgan fingerprint density at radius 2 is 1.94 bits per heavy atom. The predicted octanol–water partition coefficient (Wildman–Crippen LogP) is 2.56. The van der Waals surface area contributed by atoms with Crippen molar-refractivity contribution >= 4 is 5.69 Å². The lowest BCUT2D eigenvalue weighted by atomic mass is 10.0. The highest BCUT2D eigenvalue weighted by Gasteiger charge is 2.10. The van der Waals surface area contributed by atoms with E-state index in [1.165, 1.54) is 6.07 Å². The van der Waals surface area contributed by atoms with Gasteiger partial charge in [-0.2, -0.15) is 0 Å². The number of rotatable bonds is 5. The first-order valence-corrected chi connectivity index (χ1v) is 5.87. The van der Waals surface area contributed by atoms with Crippen LogP contribution in [0.5, 0.6) is 0 Å². The van der Waals surface area contributed by atoms with E-state index in [4.69, 9.17) is 5.73 Å². The Bertz CT molecular complexity index is 333. The van der Waals surface area contributed by atoms with E-state index in [1.807, 2.05) is 13.0 Å². The first kappa shape index (κ1) is 13.0. The van der Waals surface area contributed by atoms with Crippen molar-refractivity contribution in [2.75, 3.05) is 18.0 Å². The van der Waals surface area contributed by atoms with Gasteiger partial charge in [0.1, 0.15) is 5.82 Å². The fraction of sp³-hybridized carbons (Fsp3) is 0.538. The van der Waals surface area contributed by atoms with Gasteiger partial charge in [0.25, 0.3) is 0 Å². The number of anilines is 1. The van der Waals surface area contributed by atoms with Gasteiger partial charge in [0.15, 0.2) is 0 Å². The molecule has 1 atom stereocenters. The Kier molecular flexibility index (Phi) is 4.74. The van der Waals surface area contributed by atoms with Crippen molar-refractivity contribution in [1.82, 2.24) is 0 Å². The van der Waals surface area contributed by atoms with E-state index in [9.17, 15) is 4.39 Å². The van der Waals surface area contributed by atoms with E-state index in [0.717, 1.165) is 24.3 Å². The fourth-order valence-electron chi connectivity index (χ4n) is 1.94.